The summed E-state index contributed by atoms with van der Waals surface area (Å²) in [5, 5.41) is 9.90. The Morgan fingerprint density at radius 1 is 1.30 bits per heavy atom. The summed E-state index contributed by atoms with van der Waals surface area (Å²) < 4.78 is 10.7. The molecule has 0 saturated carbocycles. The number of rotatable bonds is 8. The first kappa shape index (κ1) is 17.0. The van der Waals surface area contributed by atoms with Crippen molar-refractivity contribution < 1.29 is 14.6 Å². The van der Waals surface area contributed by atoms with Gasteiger partial charge in [-0.05, 0) is 45.0 Å². The summed E-state index contributed by atoms with van der Waals surface area (Å²) in [5.74, 6) is 0.904. The molecule has 0 fully saturated rings. The molecule has 1 aromatic rings. The van der Waals surface area contributed by atoms with Gasteiger partial charge in [0, 0.05) is 13.1 Å². The van der Waals surface area contributed by atoms with E-state index in [1.165, 1.54) is 5.56 Å². The van der Waals surface area contributed by atoms with E-state index in [4.69, 9.17) is 9.47 Å². The maximum Gasteiger partial charge on any atom is 0.121 e. The summed E-state index contributed by atoms with van der Waals surface area (Å²) in [6, 6.07) is 6.16. The molecule has 4 heteroatoms. The molecule has 1 unspecified atom stereocenters. The van der Waals surface area contributed by atoms with Crippen LogP contribution in [-0.2, 0) is 11.3 Å². The van der Waals surface area contributed by atoms with Crippen LogP contribution < -0.4 is 4.74 Å². The van der Waals surface area contributed by atoms with Crippen molar-refractivity contribution >= 4 is 0 Å². The Balaban J connectivity index is 2.45. The number of likely N-dealkylation sites (N-methyl/N-ethyl adjacent to an activating group) is 1. The zero-order valence-electron chi connectivity index (χ0n) is 13.2. The first-order chi connectivity index (χ1) is 9.42. The van der Waals surface area contributed by atoms with Crippen LogP contribution in [0.3, 0.4) is 0 Å². The van der Waals surface area contributed by atoms with Gasteiger partial charge in [0.25, 0.3) is 0 Å². The van der Waals surface area contributed by atoms with Crippen LogP contribution in [0.1, 0.15) is 25.0 Å². The minimum absolute atomic E-state index is 0.152. The van der Waals surface area contributed by atoms with Gasteiger partial charge in [-0.25, -0.2) is 0 Å². The van der Waals surface area contributed by atoms with Gasteiger partial charge >= 0.3 is 0 Å². The number of aryl methyl sites for hydroxylation is 1. The fraction of sp³-hybridized carbons (Fsp3) is 0.625. The smallest absolute Gasteiger partial charge is 0.121 e. The third-order valence-electron chi connectivity index (χ3n) is 3.06. The van der Waals surface area contributed by atoms with E-state index >= 15 is 0 Å². The number of hydrogen-bond donors (Lipinski definition) is 1. The molecule has 4 nitrogen and oxygen atoms in total. The number of ether oxygens (including phenoxy) is 2. The van der Waals surface area contributed by atoms with Gasteiger partial charge in [-0.15, -0.1) is 0 Å². The molecule has 0 aromatic heterocycles. The summed E-state index contributed by atoms with van der Waals surface area (Å²) in [7, 11) is 3.68. The van der Waals surface area contributed by atoms with E-state index in [0.717, 1.165) is 17.9 Å². The van der Waals surface area contributed by atoms with Crippen molar-refractivity contribution in [2.75, 3.05) is 27.3 Å². The molecule has 0 amide bonds. The summed E-state index contributed by atoms with van der Waals surface area (Å²) in [6.45, 7) is 7.74. The molecule has 0 aliphatic rings. The Labute approximate surface area is 122 Å². The molecule has 0 aliphatic heterocycles. The first-order valence-electron chi connectivity index (χ1n) is 7.04. The normalized spacial score (nSPS) is 13.0. The number of aliphatic hydroxyl groups is 1. The van der Waals surface area contributed by atoms with Gasteiger partial charge in [-0.1, -0.05) is 12.1 Å². The topological polar surface area (TPSA) is 41.9 Å². The molecular weight excluding hydrogens is 254 g/mol. The molecule has 20 heavy (non-hydrogen) atoms. The second-order valence-electron chi connectivity index (χ2n) is 5.54. The molecule has 0 spiro atoms. The van der Waals surface area contributed by atoms with Crippen LogP contribution in [0.25, 0.3) is 0 Å². The van der Waals surface area contributed by atoms with Crippen LogP contribution >= 0.6 is 0 Å². The van der Waals surface area contributed by atoms with E-state index in [2.05, 4.69) is 17.0 Å². The van der Waals surface area contributed by atoms with Gasteiger partial charge < -0.3 is 14.6 Å². The number of methoxy groups -OCH3 is 1. The lowest BCUT2D eigenvalue weighted by Crippen LogP contribution is -2.32. The molecule has 0 radical (unpaired) electrons. The summed E-state index contributed by atoms with van der Waals surface area (Å²) in [4.78, 5) is 2.09. The van der Waals surface area contributed by atoms with Crippen LogP contribution in [0.4, 0.5) is 0 Å². The fourth-order valence-electron chi connectivity index (χ4n) is 2.13. The van der Waals surface area contributed by atoms with Crippen molar-refractivity contribution in [3.8, 4) is 5.75 Å². The molecular formula is C16H27NO3. The minimum atomic E-state index is -0.457. The Hall–Kier alpha value is -1.10. The average molecular weight is 281 g/mol. The quantitative estimate of drug-likeness (QED) is 0.793. The van der Waals surface area contributed by atoms with Crippen LogP contribution in [0, 0.1) is 6.92 Å². The van der Waals surface area contributed by atoms with E-state index in [1.807, 2.05) is 33.9 Å². The van der Waals surface area contributed by atoms with Crippen molar-refractivity contribution in [3.63, 3.8) is 0 Å². The van der Waals surface area contributed by atoms with Gasteiger partial charge in [0.15, 0.2) is 0 Å². The predicted molar refractivity (Wildman–Crippen MR) is 81.2 cm³/mol. The highest BCUT2D eigenvalue weighted by molar-refractivity contribution is 5.36. The van der Waals surface area contributed by atoms with Crippen molar-refractivity contribution in [2.24, 2.45) is 0 Å². The van der Waals surface area contributed by atoms with Crippen LogP contribution in [0.15, 0.2) is 18.2 Å². The molecule has 1 aromatic carbocycles. The standard InChI is InChI=1S/C16H27NO3/c1-12(2)20-11-15(18)10-17(4)9-14-6-7-16(19-5)13(3)8-14/h6-8,12,15,18H,9-11H2,1-5H3. The third kappa shape index (κ3) is 5.90. The average Bonchev–Trinajstić information content (AvgIpc) is 2.36. The minimum Gasteiger partial charge on any atom is -0.496 e. The predicted octanol–water partition coefficient (Wildman–Crippen LogP) is 2.22. The lowest BCUT2D eigenvalue weighted by Gasteiger charge is -2.21. The van der Waals surface area contributed by atoms with E-state index < -0.39 is 6.10 Å². The molecule has 114 valence electrons. The summed E-state index contributed by atoms with van der Waals surface area (Å²) >= 11 is 0. The lowest BCUT2D eigenvalue weighted by atomic mass is 10.1. The zero-order chi connectivity index (χ0) is 15.1. The summed E-state index contributed by atoms with van der Waals surface area (Å²) in [5.41, 5.74) is 2.34. The number of benzene rings is 1. The first-order valence-corrected chi connectivity index (χ1v) is 7.04. The fourth-order valence-corrected chi connectivity index (χ4v) is 2.13. The molecule has 1 atom stereocenters. The van der Waals surface area contributed by atoms with Gasteiger partial charge in [0.2, 0.25) is 0 Å². The van der Waals surface area contributed by atoms with Gasteiger partial charge in [0.1, 0.15) is 5.75 Å². The van der Waals surface area contributed by atoms with Crippen molar-refractivity contribution in [1.82, 2.24) is 4.90 Å². The maximum absolute atomic E-state index is 9.90. The molecule has 1 rings (SSSR count). The zero-order valence-corrected chi connectivity index (χ0v) is 13.2. The van der Waals surface area contributed by atoms with Crippen molar-refractivity contribution in [1.29, 1.82) is 0 Å². The second kappa shape index (κ2) is 8.25. The second-order valence-corrected chi connectivity index (χ2v) is 5.54. The van der Waals surface area contributed by atoms with E-state index in [1.54, 1.807) is 7.11 Å². The van der Waals surface area contributed by atoms with E-state index in [9.17, 15) is 5.11 Å². The van der Waals surface area contributed by atoms with Crippen LogP contribution in [0.5, 0.6) is 5.75 Å². The number of hydrogen-bond acceptors (Lipinski definition) is 4. The molecule has 0 bridgehead atoms. The Morgan fingerprint density at radius 3 is 2.55 bits per heavy atom. The van der Waals surface area contributed by atoms with Gasteiger partial charge in [-0.3, -0.25) is 4.90 Å². The van der Waals surface area contributed by atoms with Crippen molar-refractivity contribution in [2.45, 2.75) is 39.5 Å². The Kier molecular flexibility index (Phi) is 6.99. The van der Waals surface area contributed by atoms with E-state index in [0.29, 0.717) is 13.2 Å². The Morgan fingerprint density at radius 2 is 2.00 bits per heavy atom. The monoisotopic (exact) mass is 281 g/mol. The molecule has 0 heterocycles. The third-order valence-corrected chi connectivity index (χ3v) is 3.06. The number of aliphatic hydroxyl groups excluding tert-OH is 1. The highest BCUT2D eigenvalue weighted by Gasteiger charge is 2.10. The highest BCUT2D eigenvalue weighted by Crippen LogP contribution is 2.19. The molecule has 0 saturated heterocycles. The highest BCUT2D eigenvalue weighted by atomic mass is 16.5. The van der Waals surface area contributed by atoms with Gasteiger partial charge in [-0.2, -0.15) is 0 Å². The largest absolute Gasteiger partial charge is 0.496 e. The summed E-state index contributed by atoms with van der Waals surface area (Å²) in [6.07, 6.45) is -0.305. The van der Waals surface area contributed by atoms with Crippen molar-refractivity contribution in [3.05, 3.63) is 29.3 Å². The Bertz CT molecular complexity index is 407. The molecule has 0 aliphatic carbocycles. The maximum atomic E-state index is 9.90. The van der Waals surface area contributed by atoms with E-state index in [-0.39, 0.29) is 6.10 Å². The van der Waals surface area contributed by atoms with Gasteiger partial charge in [0.05, 0.1) is 25.9 Å². The van der Waals surface area contributed by atoms with Crippen LogP contribution in [-0.4, -0.2) is 49.5 Å². The SMILES string of the molecule is COc1ccc(CN(C)CC(O)COC(C)C)cc1C. The van der Waals surface area contributed by atoms with Crippen LogP contribution in [0.2, 0.25) is 0 Å². The lowest BCUT2D eigenvalue weighted by molar-refractivity contribution is -0.00634. The number of nitrogens with zero attached hydrogens (tertiary/aromatic N) is 1. The molecule has 1 N–H and O–H groups in total.